The molecule has 0 spiro atoms. The summed E-state index contributed by atoms with van der Waals surface area (Å²) in [6, 6.07) is 10.1. The molecular formula is C18H29NO. The molecule has 0 saturated carbocycles. The first-order valence-electron chi connectivity index (χ1n) is 7.98. The zero-order valence-electron chi connectivity index (χ0n) is 13.2. The highest BCUT2D eigenvalue weighted by Crippen LogP contribution is 2.35. The Morgan fingerprint density at radius 3 is 2.65 bits per heavy atom. The van der Waals surface area contributed by atoms with Crippen LogP contribution in [0.15, 0.2) is 30.3 Å². The van der Waals surface area contributed by atoms with Gasteiger partial charge >= 0.3 is 0 Å². The Hall–Kier alpha value is -0.860. The Labute approximate surface area is 123 Å². The van der Waals surface area contributed by atoms with Crippen molar-refractivity contribution in [3.05, 3.63) is 35.9 Å². The highest BCUT2D eigenvalue weighted by atomic mass is 16.3. The van der Waals surface area contributed by atoms with E-state index < -0.39 is 6.10 Å². The van der Waals surface area contributed by atoms with Crippen molar-refractivity contribution in [1.29, 1.82) is 0 Å². The van der Waals surface area contributed by atoms with Gasteiger partial charge in [-0.3, -0.25) is 0 Å². The summed E-state index contributed by atoms with van der Waals surface area (Å²) in [6.07, 6.45) is 3.55. The van der Waals surface area contributed by atoms with Crippen molar-refractivity contribution in [2.75, 3.05) is 19.6 Å². The van der Waals surface area contributed by atoms with Crippen LogP contribution in [0.3, 0.4) is 0 Å². The topological polar surface area (TPSA) is 23.5 Å². The average molecular weight is 275 g/mol. The second-order valence-electron chi connectivity index (χ2n) is 6.95. The fraction of sp³-hybridized carbons (Fsp3) is 0.667. The Kier molecular flexibility index (Phi) is 5.22. The minimum atomic E-state index is -0.397. The molecule has 2 unspecified atom stereocenters. The van der Waals surface area contributed by atoms with Crippen molar-refractivity contribution in [3.63, 3.8) is 0 Å². The molecule has 1 aromatic carbocycles. The van der Waals surface area contributed by atoms with E-state index in [0.717, 1.165) is 18.0 Å². The van der Waals surface area contributed by atoms with E-state index in [2.05, 4.69) is 25.7 Å². The van der Waals surface area contributed by atoms with Gasteiger partial charge < -0.3 is 10.0 Å². The van der Waals surface area contributed by atoms with E-state index in [-0.39, 0.29) is 5.41 Å². The van der Waals surface area contributed by atoms with Crippen molar-refractivity contribution < 1.29 is 5.11 Å². The summed E-state index contributed by atoms with van der Waals surface area (Å²) in [7, 11) is 0. The fourth-order valence-corrected chi connectivity index (χ4v) is 3.38. The Bertz CT molecular complexity index is 401. The number of piperidine rings is 1. The number of aliphatic hydroxyl groups excluding tert-OH is 1. The predicted octanol–water partition coefficient (Wildman–Crippen LogP) is 3.87. The van der Waals surface area contributed by atoms with Crippen LogP contribution in [0.25, 0.3) is 0 Å². The number of hydrogen-bond acceptors (Lipinski definition) is 2. The molecule has 1 saturated heterocycles. The summed E-state index contributed by atoms with van der Waals surface area (Å²) in [5, 5.41) is 10.7. The summed E-state index contributed by atoms with van der Waals surface area (Å²) in [5.41, 5.74) is 0.915. The van der Waals surface area contributed by atoms with Crippen molar-refractivity contribution in [2.24, 2.45) is 11.3 Å². The van der Waals surface area contributed by atoms with E-state index in [1.54, 1.807) is 0 Å². The summed E-state index contributed by atoms with van der Waals surface area (Å²) in [6.45, 7) is 10.0. The summed E-state index contributed by atoms with van der Waals surface area (Å²) >= 11 is 0. The largest absolute Gasteiger partial charge is 0.388 e. The number of rotatable bonds is 5. The van der Waals surface area contributed by atoms with E-state index in [0.29, 0.717) is 0 Å². The van der Waals surface area contributed by atoms with Crippen LogP contribution in [0.2, 0.25) is 0 Å². The molecule has 1 aliphatic rings. The SMILES string of the molecule is CCC1CCCN(CC(C)(C)C(O)c2ccccc2)C1. The molecule has 1 heterocycles. The van der Waals surface area contributed by atoms with Gasteiger partial charge in [0, 0.05) is 18.5 Å². The van der Waals surface area contributed by atoms with Gasteiger partial charge in [-0.1, -0.05) is 57.5 Å². The molecule has 1 N–H and O–H groups in total. The Morgan fingerprint density at radius 1 is 1.30 bits per heavy atom. The molecule has 20 heavy (non-hydrogen) atoms. The summed E-state index contributed by atoms with van der Waals surface area (Å²) in [4.78, 5) is 2.55. The Morgan fingerprint density at radius 2 is 2.00 bits per heavy atom. The van der Waals surface area contributed by atoms with Crippen LogP contribution in [-0.4, -0.2) is 29.6 Å². The molecule has 0 radical (unpaired) electrons. The molecule has 1 fully saturated rings. The second-order valence-corrected chi connectivity index (χ2v) is 6.95. The van der Waals surface area contributed by atoms with Crippen molar-refractivity contribution in [2.45, 2.75) is 46.1 Å². The van der Waals surface area contributed by atoms with Crippen LogP contribution >= 0.6 is 0 Å². The standard InChI is InChI=1S/C18H29NO/c1-4-15-9-8-12-19(13-15)14-18(2,3)17(20)16-10-6-5-7-11-16/h5-7,10-11,15,17,20H,4,8-9,12-14H2,1-3H3. The zero-order chi connectivity index (χ0) is 14.6. The van der Waals surface area contributed by atoms with E-state index >= 15 is 0 Å². The monoisotopic (exact) mass is 275 g/mol. The van der Waals surface area contributed by atoms with Gasteiger partial charge in [-0.2, -0.15) is 0 Å². The third-order valence-electron chi connectivity index (χ3n) is 4.67. The minimum absolute atomic E-state index is 0.114. The normalized spacial score (nSPS) is 22.7. The molecule has 1 aliphatic heterocycles. The van der Waals surface area contributed by atoms with E-state index in [9.17, 15) is 5.11 Å². The molecule has 2 atom stereocenters. The zero-order valence-corrected chi connectivity index (χ0v) is 13.2. The quantitative estimate of drug-likeness (QED) is 0.882. The third kappa shape index (κ3) is 3.83. The van der Waals surface area contributed by atoms with Crippen LogP contribution in [0.4, 0.5) is 0 Å². The molecule has 2 heteroatoms. The first-order valence-corrected chi connectivity index (χ1v) is 7.98. The van der Waals surface area contributed by atoms with Crippen molar-refractivity contribution in [1.82, 2.24) is 4.90 Å². The molecule has 0 aromatic heterocycles. The van der Waals surface area contributed by atoms with Crippen LogP contribution in [0, 0.1) is 11.3 Å². The van der Waals surface area contributed by atoms with E-state index in [4.69, 9.17) is 0 Å². The maximum Gasteiger partial charge on any atom is 0.0853 e. The van der Waals surface area contributed by atoms with Gasteiger partial charge in [0.15, 0.2) is 0 Å². The summed E-state index contributed by atoms with van der Waals surface area (Å²) < 4.78 is 0. The lowest BCUT2D eigenvalue weighted by Crippen LogP contribution is -2.43. The smallest absolute Gasteiger partial charge is 0.0853 e. The van der Waals surface area contributed by atoms with E-state index in [1.165, 1.54) is 32.4 Å². The average Bonchev–Trinajstić information content (AvgIpc) is 2.47. The molecule has 2 nitrogen and oxygen atoms in total. The highest BCUT2D eigenvalue weighted by Gasteiger charge is 2.32. The molecule has 0 bridgehead atoms. The van der Waals surface area contributed by atoms with Gasteiger partial charge in [-0.05, 0) is 30.9 Å². The minimum Gasteiger partial charge on any atom is -0.388 e. The number of aliphatic hydroxyl groups is 1. The van der Waals surface area contributed by atoms with Crippen LogP contribution in [0.1, 0.15) is 51.7 Å². The van der Waals surface area contributed by atoms with E-state index in [1.807, 2.05) is 30.3 Å². The fourth-order valence-electron chi connectivity index (χ4n) is 3.38. The number of benzene rings is 1. The van der Waals surface area contributed by atoms with Gasteiger partial charge in [0.25, 0.3) is 0 Å². The lowest BCUT2D eigenvalue weighted by Gasteiger charge is -2.40. The van der Waals surface area contributed by atoms with Crippen molar-refractivity contribution in [3.8, 4) is 0 Å². The highest BCUT2D eigenvalue weighted by molar-refractivity contribution is 5.19. The van der Waals surface area contributed by atoms with Crippen LogP contribution in [-0.2, 0) is 0 Å². The lowest BCUT2D eigenvalue weighted by molar-refractivity contribution is 0.00958. The van der Waals surface area contributed by atoms with Gasteiger partial charge in [-0.25, -0.2) is 0 Å². The Balaban J connectivity index is 1.99. The number of hydrogen-bond donors (Lipinski definition) is 1. The maximum atomic E-state index is 10.7. The van der Waals surface area contributed by atoms with Crippen molar-refractivity contribution >= 4 is 0 Å². The van der Waals surface area contributed by atoms with Gasteiger partial charge in [-0.15, -0.1) is 0 Å². The number of likely N-dealkylation sites (tertiary alicyclic amines) is 1. The lowest BCUT2D eigenvalue weighted by atomic mass is 9.81. The molecule has 2 rings (SSSR count). The van der Waals surface area contributed by atoms with Crippen LogP contribution < -0.4 is 0 Å². The van der Waals surface area contributed by atoms with Gasteiger partial charge in [0.1, 0.15) is 0 Å². The first kappa shape index (κ1) is 15.5. The second kappa shape index (κ2) is 6.73. The summed E-state index contributed by atoms with van der Waals surface area (Å²) in [5.74, 6) is 0.841. The number of nitrogens with zero attached hydrogens (tertiary/aromatic N) is 1. The third-order valence-corrected chi connectivity index (χ3v) is 4.67. The van der Waals surface area contributed by atoms with Gasteiger partial charge in [0.05, 0.1) is 6.10 Å². The maximum absolute atomic E-state index is 10.7. The first-order chi connectivity index (χ1) is 9.53. The van der Waals surface area contributed by atoms with Crippen LogP contribution in [0.5, 0.6) is 0 Å². The molecule has 0 aliphatic carbocycles. The molecular weight excluding hydrogens is 246 g/mol. The molecule has 0 amide bonds. The predicted molar refractivity (Wildman–Crippen MR) is 84.6 cm³/mol. The molecule has 112 valence electrons. The molecule has 1 aromatic rings. The van der Waals surface area contributed by atoms with Gasteiger partial charge in [0.2, 0.25) is 0 Å².